The molecule has 0 amide bonds. The van der Waals surface area contributed by atoms with E-state index in [0.717, 1.165) is 16.8 Å². The Labute approximate surface area is 219 Å². The van der Waals surface area contributed by atoms with E-state index in [4.69, 9.17) is 38.0 Å². The number of hydrogen-bond acceptors (Lipinski definition) is 9. The zero-order valence-corrected chi connectivity index (χ0v) is 22.3. The van der Waals surface area contributed by atoms with E-state index < -0.39 is 66.4 Å². The zero-order chi connectivity index (χ0) is 27.6. The Morgan fingerprint density at radius 1 is 1.32 bits per heavy atom. The third kappa shape index (κ3) is 6.92. The number of halogens is 1. The highest BCUT2D eigenvalue weighted by Gasteiger charge is 2.53. The van der Waals surface area contributed by atoms with Crippen LogP contribution >= 0.6 is 19.3 Å². The van der Waals surface area contributed by atoms with Gasteiger partial charge in [0.25, 0.3) is 5.56 Å². The Hall–Kier alpha value is -2.41. The highest BCUT2D eigenvalue weighted by molar-refractivity contribution is 7.52. The minimum absolute atomic E-state index is 0.169. The number of nitrogens with zero attached hydrogens (tertiary/aromatic N) is 1. The quantitative estimate of drug-likeness (QED) is 0.169. The summed E-state index contributed by atoms with van der Waals surface area (Å²) in [6.07, 6.45) is -3.63. The van der Waals surface area contributed by atoms with E-state index in [1.807, 2.05) is 4.98 Å². The number of esters is 1. The lowest BCUT2D eigenvalue weighted by Crippen LogP contribution is -2.48. The number of ether oxygens (including phenoxy) is 2. The van der Waals surface area contributed by atoms with Gasteiger partial charge in [0.1, 0.15) is 25.2 Å². The van der Waals surface area contributed by atoms with Gasteiger partial charge in [0.2, 0.25) is 0 Å². The third-order valence-corrected chi connectivity index (χ3v) is 7.42. The number of carbonyl (C=O) groups is 1. The van der Waals surface area contributed by atoms with E-state index in [9.17, 15) is 24.1 Å². The molecule has 37 heavy (non-hydrogen) atoms. The average molecular weight is 556 g/mol. The number of aliphatic hydroxyl groups is 1. The molecule has 5 atom stereocenters. The molecule has 2 radical (unpaired) electrons. The lowest BCUT2D eigenvalue weighted by Gasteiger charge is -2.30. The Morgan fingerprint density at radius 2 is 1.97 bits per heavy atom. The standard InChI is InChI=1S/C22H28BClN3O9P/c1-13(2)34-19(30)21(3,4)26-37(32,36-14-8-6-5-7-9-14)33-12-15-17(29)22(23,24)18(35-15)27-11-10-16(28)25-20(27)31/h5-11,13,15,17-18,29H,12H2,1-4H3,(H,26,32)(H,25,28,31)/t15-,17-,18-,22+,37-/m1/s1. The maximum atomic E-state index is 13.8. The molecule has 3 N–H and O–H groups in total. The number of hydrogen-bond donors (Lipinski definition) is 3. The highest BCUT2D eigenvalue weighted by atomic mass is 35.5. The molecule has 2 aromatic rings. The molecule has 3 rings (SSSR count). The number of rotatable bonds is 10. The molecule has 0 aliphatic carbocycles. The summed E-state index contributed by atoms with van der Waals surface area (Å²) < 4.78 is 34.8. The zero-order valence-electron chi connectivity index (χ0n) is 20.6. The Kier molecular flexibility index (Phi) is 8.78. The van der Waals surface area contributed by atoms with Gasteiger partial charge in [-0.1, -0.05) is 18.2 Å². The van der Waals surface area contributed by atoms with E-state index in [0.29, 0.717) is 0 Å². The summed E-state index contributed by atoms with van der Waals surface area (Å²) >= 11 is 6.32. The normalized spacial score (nSPS) is 25.5. The number of alkyl halides is 1. The first-order valence-corrected chi connectivity index (χ1v) is 13.2. The maximum Gasteiger partial charge on any atom is 0.459 e. The van der Waals surface area contributed by atoms with Gasteiger partial charge in [0.15, 0.2) is 6.23 Å². The number of H-pyrrole nitrogens is 1. The molecular weight excluding hydrogens is 527 g/mol. The van der Waals surface area contributed by atoms with Crippen molar-refractivity contribution in [3.8, 4) is 5.75 Å². The van der Waals surface area contributed by atoms with E-state index in [2.05, 4.69) is 5.09 Å². The molecule has 0 spiro atoms. The Bertz CT molecular complexity index is 1270. The van der Waals surface area contributed by atoms with Crippen LogP contribution in [0.15, 0.2) is 52.2 Å². The van der Waals surface area contributed by atoms with Crippen molar-refractivity contribution in [1.29, 1.82) is 0 Å². The Balaban J connectivity index is 1.84. The number of para-hydroxylation sites is 1. The lowest BCUT2D eigenvalue weighted by atomic mass is 9.79. The smallest absolute Gasteiger partial charge is 0.459 e. The van der Waals surface area contributed by atoms with E-state index in [1.165, 1.54) is 26.0 Å². The molecule has 0 unspecified atom stereocenters. The van der Waals surface area contributed by atoms with Gasteiger partial charge in [-0.05, 0) is 39.8 Å². The SMILES string of the molecule is [B][C@]1(Cl)[C@H](O)[C@@H](CO[P@](=O)(NC(C)(C)C(=O)OC(C)C)Oc2ccccc2)O[C@H]1n1ccc(=O)[nH]c1=O. The first-order valence-electron chi connectivity index (χ1n) is 11.3. The number of nitrogens with one attached hydrogen (secondary N) is 2. The number of aliphatic hydroxyl groups excluding tert-OH is 1. The molecular formula is C22H28BClN3O9P. The van der Waals surface area contributed by atoms with Crippen LogP contribution in [0.3, 0.4) is 0 Å². The van der Waals surface area contributed by atoms with Crippen LogP contribution in [0.25, 0.3) is 0 Å². The molecule has 1 aromatic carbocycles. The Morgan fingerprint density at radius 3 is 2.57 bits per heavy atom. The van der Waals surface area contributed by atoms with Crippen molar-refractivity contribution < 1.29 is 33.0 Å². The minimum atomic E-state index is -4.33. The van der Waals surface area contributed by atoms with E-state index in [-0.39, 0.29) is 5.75 Å². The molecule has 1 aliphatic heterocycles. The van der Waals surface area contributed by atoms with Crippen LogP contribution in [0.2, 0.25) is 0 Å². The van der Waals surface area contributed by atoms with Crippen molar-refractivity contribution in [3.05, 3.63) is 63.4 Å². The molecule has 12 nitrogen and oxygen atoms in total. The van der Waals surface area contributed by atoms with Crippen molar-refractivity contribution in [3.63, 3.8) is 0 Å². The topological polar surface area (TPSA) is 158 Å². The number of aromatic amines is 1. The van der Waals surface area contributed by atoms with Crippen molar-refractivity contribution in [2.75, 3.05) is 6.61 Å². The summed E-state index contributed by atoms with van der Waals surface area (Å²) in [7, 11) is 1.72. The van der Waals surface area contributed by atoms with Crippen molar-refractivity contribution in [2.45, 2.75) is 62.5 Å². The summed E-state index contributed by atoms with van der Waals surface area (Å²) in [4.78, 5) is 38.3. The molecule has 0 bridgehead atoms. The van der Waals surface area contributed by atoms with Crippen LogP contribution < -0.4 is 20.9 Å². The van der Waals surface area contributed by atoms with Gasteiger partial charge in [0.05, 0.1) is 23.6 Å². The van der Waals surface area contributed by atoms with Crippen LogP contribution in [0.4, 0.5) is 0 Å². The monoisotopic (exact) mass is 555 g/mol. The van der Waals surface area contributed by atoms with Gasteiger partial charge >= 0.3 is 19.4 Å². The van der Waals surface area contributed by atoms with Crippen LogP contribution in [0.1, 0.15) is 33.9 Å². The first-order chi connectivity index (χ1) is 17.1. The molecule has 1 fully saturated rings. The van der Waals surface area contributed by atoms with E-state index >= 15 is 0 Å². The number of carbonyl (C=O) groups excluding carboxylic acids is 1. The van der Waals surface area contributed by atoms with Gasteiger partial charge in [-0.3, -0.25) is 23.7 Å². The molecule has 1 aliphatic rings. The minimum Gasteiger partial charge on any atom is -0.462 e. The van der Waals surface area contributed by atoms with Crippen molar-refractivity contribution >= 4 is 33.2 Å². The second kappa shape index (κ2) is 11.1. The molecule has 0 saturated carbocycles. The van der Waals surface area contributed by atoms with Gasteiger partial charge in [0, 0.05) is 12.3 Å². The summed E-state index contributed by atoms with van der Waals surface area (Å²) in [5.74, 6) is -0.540. The van der Waals surface area contributed by atoms with Crippen LogP contribution in [-0.2, 0) is 23.4 Å². The van der Waals surface area contributed by atoms with Crippen LogP contribution in [-0.4, -0.2) is 63.7 Å². The van der Waals surface area contributed by atoms with Crippen molar-refractivity contribution in [2.24, 2.45) is 0 Å². The summed E-state index contributed by atoms with van der Waals surface area (Å²) in [6.45, 7) is 5.63. The molecule has 200 valence electrons. The second-order valence-electron chi connectivity index (χ2n) is 9.20. The molecule has 2 heterocycles. The lowest BCUT2D eigenvalue weighted by molar-refractivity contribution is -0.153. The summed E-state index contributed by atoms with van der Waals surface area (Å²) in [5.41, 5.74) is -3.04. The van der Waals surface area contributed by atoms with Crippen LogP contribution in [0, 0.1) is 0 Å². The van der Waals surface area contributed by atoms with Crippen LogP contribution in [0.5, 0.6) is 5.75 Å². The van der Waals surface area contributed by atoms with E-state index in [1.54, 1.807) is 32.0 Å². The van der Waals surface area contributed by atoms with Gasteiger partial charge in [-0.2, -0.15) is 5.09 Å². The predicted octanol–water partition coefficient (Wildman–Crippen LogP) is 1.42. The highest BCUT2D eigenvalue weighted by Crippen LogP contribution is 2.48. The molecule has 1 saturated heterocycles. The predicted molar refractivity (Wildman–Crippen MR) is 135 cm³/mol. The fraction of sp³-hybridized carbons (Fsp3) is 0.500. The molecule has 1 aromatic heterocycles. The fourth-order valence-electron chi connectivity index (χ4n) is 3.42. The summed E-state index contributed by atoms with van der Waals surface area (Å²) in [6, 6.07) is 9.12. The van der Waals surface area contributed by atoms with Gasteiger partial charge in [-0.25, -0.2) is 9.36 Å². The largest absolute Gasteiger partial charge is 0.462 e. The maximum absolute atomic E-state index is 13.8. The fourth-order valence-corrected chi connectivity index (χ4v) is 5.40. The van der Waals surface area contributed by atoms with Crippen molar-refractivity contribution in [1.82, 2.24) is 14.6 Å². The number of aromatic nitrogens is 2. The van der Waals surface area contributed by atoms with Gasteiger partial charge in [-0.15, -0.1) is 11.6 Å². The second-order valence-corrected chi connectivity index (χ2v) is 11.5. The molecule has 15 heteroatoms. The van der Waals surface area contributed by atoms with Gasteiger partial charge < -0.3 is 19.1 Å². The number of benzene rings is 1. The summed E-state index contributed by atoms with van der Waals surface area (Å²) in [5, 5.41) is 13.3. The average Bonchev–Trinajstić information content (AvgIpc) is 3.01. The third-order valence-electron chi connectivity index (χ3n) is 5.24. The first kappa shape index (κ1) is 29.2.